The number of carbonyl (C=O) groups excluding carboxylic acids is 2. The van der Waals surface area contributed by atoms with E-state index in [1.165, 1.54) is 6.07 Å². The highest BCUT2D eigenvalue weighted by molar-refractivity contribution is 7.92. The van der Waals surface area contributed by atoms with Crippen molar-refractivity contribution in [3.05, 3.63) is 65.0 Å². The number of nitrogens with zero attached hydrogens (tertiary/aromatic N) is 1. The summed E-state index contributed by atoms with van der Waals surface area (Å²) in [5, 5.41) is 11.2. The first kappa shape index (κ1) is 27.7. The Morgan fingerprint density at radius 1 is 1.05 bits per heavy atom. The van der Waals surface area contributed by atoms with Gasteiger partial charge in [0.05, 0.1) is 4.90 Å². The molecule has 1 saturated heterocycles. The van der Waals surface area contributed by atoms with Crippen LogP contribution in [0.15, 0.2) is 47.4 Å². The number of likely N-dealkylation sites (tertiary alicyclic amines) is 1. The van der Waals surface area contributed by atoms with E-state index in [9.17, 15) is 45.1 Å². The van der Waals surface area contributed by atoms with E-state index < -0.39 is 73.8 Å². The summed E-state index contributed by atoms with van der Waals surface area (Å²) in [6.45, 7) is -2.78. The first-order chi connectivity index (χ1) is 21.1. The predicted molar refractivity (Wildman–Crippen MR) is 147 cm³/mol. The van der Waals surface area contributed by atoms with Crippen molar-refractivity contribution in [2.45, 2.75) is 85.8 Å². The molecule has 1 heterocycles. The maximum atomic E-state index is 15.0. The first-order valence-corrected chi connectivity index (χ1v) is 15.6. The third-order valence-corrected chi connectivity index (χ3v) is 12.4. The number of amides is 1. The highest BCUT2D eigenvalue weighted by Crippen LogP contribution is 2.60. The van der Waals surface area contributed by atoms with Gasteiger partial charge in [0, 0.05) is 43.3 Å². The standard InChI is InChI=1S/C31H34F5NO5S/c1-19(38)37-15-13-29(40,14-16-37)27(39)18-21-11-12-30(43(41,42)24-7-5-23(32)6-8-24)25(21)9-3-20-17-22(4-10-26(20)30)28(2,33)31(34,35)36/h4-8,10,17,21,25,40H,3,9,11-16,18H2,1-2H3/t21-,25-,28?,30-/m0/s1/i1D3. The number of hydrogen-bond donors (Lipinski definition) is 1. The van der Waals surface area contributed by atoms with Crippen LogP contribution in [-0.4, -0.2) is 55.0 Å². The third-order valence-electron chi connectivity index (χ3n) is 9.86. The van der Waals surface area contributed by atoms with E-state index >= 15 is 0 Å². The largest absolute Gasteiger partial charge is 0.426 e. The Morgan fingerprint density at radius 3 is 2.30 bits per heavy atom. The highest BCUT2D eigenvalue weighted by atomic mass is 32.2. The lowest BCUT2D eigenvalue weighted by Gasteiger charge is -2.43. The Kier molecular flexibility index (Phi) is 6.85. The number of hydrogen-bond acceptors (Lipinski definition) is 5. The number of piperidine rings is 1. The fraction of sp³-hybridized carbons (Fsp3) is 0.548. The molecule has 234 valence electrons. The minimum atomic E-state index is -5.22. The van der Waals surface area contributed by atoms with E-state index in [0.717, 1.165) is 41.3 Å². The number of benzene rings is 2. The molecule has 6 nitrogen and oxygen atoms in total. The molecule has 0 bridgehead atoms. The number of sulfone groups is 1. The van der Waals surface area contributed by atoms with Crippen molar-refractivity contribution in [3.8, 4) is 0 Å². The maximum Gasteiger partial charge on any atom is 0.426 e. The van der Waals surface area contributed by atoms with E-state index in [0.29, 0.717) is 6.92 Å². The molecule has 0 aromatic heterocycles. The van der Waals surface area contributed by atoms with Crippen molar-refractivity contribution >= 4 is 21.5 Å². The van der Waals surface area contributed by atoms with Crippen LogP contribution in [-0.2, 0) is 36.3 Å². The van der Waals surface area contributed by atoms with Gasteiger partial charge in [0.2, 0.25) is 11.6 Å². The number of fused-ring (bicyclic) bond motifs is 3. The number of aliphatic hydroxyl groups is 1. The van der Waals surface area contributed by atoms with Crippen LogP contribution in [0.1, 0.15) is 73.1 Å². The molecule has 1 aliphatic heterocycles. The Hall–Kier alpha value is -2.86. The molecule has 5 rings (SSSR count). The molecule has 43 heavy (non-hydrogen) atoms. The minimum absolute atomic E-state index is 0.0207. The van der Waals surface area contributed by atoms with Crippen molar-refractivity contribution in [1.82, 2.24) is 4.90 Å². The van der Waals surface area contributed by atoms with Gasteiger partial charge >= 0.3 is 6.18 Å². The number of Topliss-reactive ketones (excluding diaryl/α,β-unsaturated/α-hetero) is 1. The number of halogens is 5. The van der Waals surface area contributed by atoms with Gasteiger partial charge in [0.25, 0.3) is 0 Å². The molecule has 1 saturated carbocycles. The Balaban J connectivity index is 1.49. The van der Waals surface area contributed by atoms with Crippen LogP contribution in [0.25, 0.3) is 0 Å². The van der Waals surface area contributed by atoms with Crippen LogP contribution in [0.4, 0.5) is 22.0 Å². The second kappa shape index (κ2) is 10.6. The van der Waals surface area contributed by atoms with Gasteiger partial charge in [-0.05, 0) is 85.4 Å². The van der Waals surface area contributed by atoms with Crippen molar-refractivity contribution in [1.29, 1.82) is 0 Å². The zero-order valence-electron chi connectivity index (χ0n) is 26.4. The zero-order valence-corrected chi connectivity index (χ0v) is 24.2. The summed E-state index contributed by atoms with van der Waals surface area (Å²) in [6, 6.07) is 7.39. The summed E-state index contributed by atoms with van der Waals surface area (Å²) in [5.41, 5.74) is -5.77. The topological polar surface area (TPSA) is 91.8 Å². The third kappa shape index (κ3) is 5.08. The van der Waals surface area contributed by atoms with E-state index in [-0.39, 0.29) is 74.1 Å². The van der Waals surface area contributed by atoms with Gasteiger partial charge in [0.1, 0.15) is 16.2 Å². The molecule has 2 fully saturated rings. The molecule has 1 N–H and O–H groups in total. The van der Waals surface area contributed by atoms with Crippen molar-refractivity contribution in [2.24, 2.45) is 11.8 Å². The zero-order chi connectivity index (χ0) is 34.1. The highest BCUT2D eigenvalue weighted by Gasteiger charge is 2.61. The first-order valence-electron chi connectivity index (χ1n) is 15.6. The lowest BCUT2D eigenvalue weighted by molar-refractivity contribution is -0.228. The number of aryl methyl sites for hydroxylation is 1. The van der Waals surface area contributed by atoms with Gasteiger partial charge in [-0.15, -0.1) is 0 Å². The minimum Gasteiger partial charge on any atom is -0.382 e. The average Bonchev–Trinajstić information content (AvgIpc) is 3.36. The van der Waals surface area contributed by atoms with Crippen molar-refractivity contribution in [3.63, 3.8) is 0 Å². The summed E-state index contributed by atoms with van der Waals surface area (Å²) in [4.78, 5) is 26.6. The van der Waals surface area contributed by atoms with Gasteiger partial charge in [-0.25, -0.2) is 17.2 Å². The number of alkyl halides is 4. The molecular weight excluding hydrogens is 593 g/mol. The fourth-order valence-corrected chi connectivity index (χ4v) is 9.78. The van der Waals surface area contributed by atoms with Crippen LogP contribution in [0, 0.1) is 17.7 Å². The van der Waals surface area contributed by atoms with E-state index in [4.69, 9.17) is 4.11 Å². The van der Waals surface area contributed by atoms with E-state index in [2.05, 4.69) is 0 Å². The lowest BCUT2D eigenvalue weighted by Crippen LogP contribution is -2.51. The molecule has 0 spiro atoms. The lowest BCUT2D eigenvalue weighted by atomic mass is 9.71. The van der Waals surface area contributed by atoms with Crippen LogP contribution < -0.4 is 0 Å². The molecule has 1 amide bonds. The summed E-state index contributed by atoms with van der Waals surface area (Å²) in [5.74, 6) is -3.62. The summed E-state index contributed by atoms with van der Waals surface area (Å²) in [7, 11) is -4.36. The molecule has 0 radical (unpaired) electrons. The van der Waals surface area contributed by atoms with Crippen LogP contribution in [0.5, 0.6) is 0 Å². The Bertz CT molecular complexity index is 1640. The van der Waals surface area contributed by atoms with E-state index in [1.54, 1.807) is 0 Å². The second-order valence-electron chi connectivity index (χ2n) is 12.1. The summed E-state index contributed by atoms with van der Waals surface area (Å²) >= 11 is 0. The summed E-state index contributed by atoms with van der Waals surface area (Å²) < 4.78 is 119. The molecule has 1 unspecified atom stereocenters. The maximum absolute atomic E-state index is 15.0. The number of ketones is 1. The molecule has 12 heteroatoms. The molecule has 2 aliphatic carbocycles. The molecular formula is C31H34F5NO5S. The van der Waals surface area contributed by atoms with Gasteiger partial charge in [0.15, 0.2) is 15.6 Å². The van der Waals surface area contributed by atoms with Gasteiger partial charge in [-0.3, -0.25) is 9.59 Å². The predicted octanol–water partition coefficient (Wildman–Crippen LogP) is 5.55. The SMILES string of the molecule is [2H]C([2H])([2H])C(=O)N1CCC(O)(C(=O)C[C@@H]2CC[C@@]3(S(=O)(=O)c4ccc(F)cc4)c4ccc(C(C)(F)C(F)(F)F)cc4CC[C@@H]23)CC1. The molecule has 3 aliphatic rings. The second-order valence-corrected chi connectivity index (χ2v) is 14.3. The smallest absolute Gasteiger partial charge is 0.382 e. The average molecular weight is 631 g/mol. The van der Waals surface area contributed by atoms with Crippen LogP contribution >= 0.6 is 0 Å². The fourth-order valence-electron chi connectivity index (χ4n) is 7.28. The van der Waals surface area contributed by atoms with Crippen molar-refractivity contribution < 1.29 is 49.2 Å². The van der Waals surface area contributed by atoms with Gasteiger partial charge < -0.3 is 10.0 Å². The van der Waals surface area contributed by atoms with Crippen molar-refractivity contribution in [2.75, 3.05) is 13.1 Å². The molecule has 4 atom stereocenters. The molecule has 2 aromatic rings. The van der Waals surface area contributed by atoms with Gasteiger partial charge in [-0.1, -0.05) is 18.2 Å². The Labute approximate surface area is 251 Å². The summed E-state index contributed by atoms with van der Waals surface area (Å²) in [6.07, 6.45) is -5.39. The monoisotopic (exact) mass is 630 g/mol. The Morgan fingerprint density at radius 2 is 1.70 bits per heavy atom. The van der Waals surface area contributed by atoms with Gasteiger partial charge in [-0.2, -0.15) is 13.2 Å². The van der Waals surface area contributed by atoms with E-state index in [1.807, 2.05) is 0 Å². The normalized spacial score (nSPS) is 28.1. The molecule has 2 aromatic carbocycles. The number of rotatable bonds is 6. The van der Waals surface area contributed by atoms with Crippen LogP contribution in [0.3, 0.4) is 0 Å². The quantitative estimate of drug-likeness (QED) is 0.334. The number of carbonyl (C=O) groups is 2. The van der Waals surface area contributed by atoms with Crippen LogP contribution in [0.2, 0.25) is 0 Å².